The predicted molar refractivity (Wildman–Crippen MR) is 111 cm³/mol. The van der Waals surface area contributed by atoms with Crippen molar-refractivity contribution in [3.8, 4) is 23.7 Å². The highest BCUT2D eigenvalue weighted by Crippen LogP contribution is 2.27. The van der Waals surface area contributed by atoms with Crippen LogP contribution in [0.15, 0.2) is 41.1 Å². The molecule has 0 radical (unpaired) electrons. The molecule has 0 fully saturated rings. The maximum absolute atomic E-state index is 10.6. The molecule has 3 aromatic heterocycles. The van der Waals surface area contributed by atoms with Crippen molar-refractivity contribution in [1.82, 2.24) is 24.7 Å². The fourth-order valence-electron chi connectivity index (χ4n) is 2.93. The van der Waals surface area contributed by atoms with Gasteiger partial charge in [0.25, 0.3) is 0 Å². The van der Waals surface area contributed by atoms with Crippen LogP contribution in [0.3, 0.4) is 0 Å². The molecule has 31 heavy (non-hydrogen) atoms. The Morgan fingerprint density at radius 2 is 2.10 bits per heavy atom. The molecule has 0 aliphatic rings. The second kappa shape index (κ2) is 8.06. The number of nitrogens with zero attached hydrogens (tertiary/aromatic N) is 5. The second-order valence-electron chi connectivity index (χ2n) is 6.92. The lowest BCUT2D eigenvalue weighted by Crippen LogP contribution is -2.18. The number of imidazole rings is 1. The second-order valence-corrected chi connectivity index (χ2v) is 6.92. The maximum atomic E-state index is 10.6. The Bertz CT molecular complexity index is 1300. The van der Waals surface area contributed by atoms with Gasteiger partial charge in [-0.2, -0.15) is 9.97 Å². The van der Waals surface area contributed by atoms with Gasteiger partial charge in [0, 0.05) is 23.9 Å². The van der Waals surface area contributed by atoms with E-state index in [9.17, 15) is 5.11 Å². The topological polar surface area (TPSA) is 145 Å². The number of ether oxygens (including phenoxy) is 1. The third kappa shape index (κ3) is 4.18. The number of hydrogen-bond donors (Lipinski definition) is 3. The number of aromatic nitrogens is 5. The molecular weight excluding hydrogens is 400 g/mol. The van der Waals surface area contributed by atoms with Gasteiger partial charge in [0.15, 0.2) is 5.60 Å². The number of benzene rings is 1. The molecule has 158 valence electrons. The van der Waals surface area contributed by atoms with E-state index < -0.39 is 5.60 Å². The van der Waals surface area contributed by atoms with Crippen LogP contribution in [-0.4, -0.2) is 48.1 Å². The summed E-state index contributed by atoms with van der Waals surface area (Å²) in [6, 6.07) is 8.90. The van der Waals surface area contributed by atoms with E-state index in [-0.39, 0.29) is 25.2 Å². The van der Waals surface area contributed by atoms with Crippen molar-refractivity contribution >= 4 is 17.0 Å². The van der Waals surface area contributed by atoms with Crippen molar-refractivity contribution in [2.45, 2.75) is 19.4 Å². The van der Waals surface area contributed by atoms with Crippen molar-refractivity contribution in [1.29, 1.82) is 0 Å². The number of anilines is 1. The van der Waals surface area contributed by atoms with Crippen LogP contribution in [0.25, 0.3) is 16.9 Å². The highest BCUT2D eigenvalue weighted by atomic mass is 16.5. The molecular formula is C21H20N6O4. The summed E-state index contributed by atoms with van der Waals surface area (Å²) in [5, 5.41) is 23.6. The Kier molecular flexibility index (Phi) is 5.29. The number of aliphatic hydroxyl groups is 2. The summed E-state index contributed by atoms with van der Waals surface area (Å²) in [6.45, 7) is 3.19. The fraction of sp³-hybridized carbons (Fsp3) is 0.238. The molecule has 0 aliphatic carbocycles. The molecule has 4 N–H and O–H groups in total. The number of hydrogen-bond acceptors (Lipinski definition) is 9. The zero-order chi connectivity index (χ0) is 22.0. The van der Waals surface area contributed by atoms with E-state index in [4.69, 9.17) is 20.1 Å². The molecule has 1 aromatic carbocycles. The summed E-state index contributed by atoms with van der Waals surface area (Å²) in [5.41, 5.74) is 6.52. The van der Waals surface area contributed by atoms with E-state index in [0.29, 0.717) is 33.9 Å². The van der Waals surface area contributed by atoms with E-state index in [1.54, 1.807) is 48.7 Å². The Hall–Kier alpha value is -3.94. The number of fused-ring (bicyclic) bond motifs is 1. The standard InChI is InChI=1S/C21H20N6O4/c1-13-11-17(26-31-13)21(2,29)7-5-14-3-4-15-16(12-14)27(20(24-15)30-10-9-28)18-6-8-23-19(22)25-18/h3-4,6,8,11-12,28-29H,9-10H2,1-2H3,(H2,22,23,25). The number of rotatable bonds is 5. The van der Waals surface area contributed by atoms with Crippen molar-refractivity contribution in [2.24, 2.45) is 0 Å². The molecule has 0 bridgehead atoms. The first-order valence-corrected chi connectivity index (χ1v) is 9.42. The van der Waals surface area contributed by atoms with Crippen molar-refractivity contribution in [2.75, 3.05) is 18.9 Å². The largest absolute Gasteiger partial charge is 0.462 e. The Balaban J connectivity index is 1.79. The molecule has 10 nitrogen and oxygen atoms in total. The molecule has 1 atom stereocenters. The summed E-state index contributed by atoms with van der Waals surface area (Å²) in [6.07, 6.45) is 1.53. The number of aryl methyl sites for hydroxylation is 1. The van der Waals surface area contributed by atoms with Gasteiger partial charge in [0.1, 0.15) is 23.9 Å². The predicted octanol–water partition coefficient (Wildman–Crippen LogP) is 1.32. The third-order valence-electron chi connectivity index (χ3n) is 4.41. The zero-order valence-electron chi connectivity index (χ0n) is 16.9. The van der Waals surface area contributed by atoms with Crippen LogP contribution < -0.4 is 10.5 Å². The first kappa shape index (κ1) is 20.3. The quantitative estimate of drug-likeness (QED) is 0.407. The Morgan fingerprint density at radius 3 is 2.81 bits per heavy atom. The first-order chi connectivity index (χ1) is 14.9. The molecule has 4 aromatic rings. The molecule has 3 heterocycles. The van der Waals surface area contributed by atoms with Crippen LogP contribution in [0.2, 0.25) is 0 Å². The molecule has 0 spiro atoms. The monoisotopic (exact) mass is 420 g/mol. The van der Waals surface area contributed by atoms with Gasteiger partial charge in [-0.3, -0.25) is 0 Å². The average molecular weight is 420 g/mol. The third-order valence-corrected chi connectivity index (χ3v) is 4.41. The molecule has 10 heteroatoms. The van der Waals surface area contributed by atoms with Gasteiger partial charge >= 0.3 is 6.01 Å². The summed E-state index contributed by atoms with van der Waals surface area (Å²) in [5.74, 6) is 6.93. The van der Waals surface area contributed by atoms with Crippen LogP contribution in [0.5, 0.6) is 6.01 Å². The minimum atomic E-state index is -1.48. The number of aliphatic hydroxyl groups excluding tert-OH is 1. The summed E-state index contributed by atoms with van der Waals surface area (Å²) >= 11 is 0. The fourth-order valence-corrected chi connectivity index (χ4v) is 2.93. The van der Waals surface area contributed by atoms with Gasteiger partial charge in [-0.25, -0.2) is 9.55 Å². The van der Waals surface area contributed by atoms with Crippen molar-refractivity contribution in [3.05, 3.63) is 53.5 Å². The van der Waals surface area contributed by atoms with E-state index in [0.717, 1.165) is 0 Å². The van der Waals surface area contributed by atoms with E-state index in [2.05, 4.69) is 31.9 Å². The maximum Gasteiger partial charge on any atom is 0.303 e. The minimum absolute atomic E-state index is 0.0660. The number of nitrogen functional groups attached to an aromatic ring is 1. The van der Waals surface area contributed by atoms with Crippen molar-refractivity contribution in [3.63, 3.8) is 0 Å². The summed E-state index contributed by atoms with van der Waals surface area (Å²) < 4.78 is 12.3. The number of nitrogens with two attached hydrogens (primary N) is 1. The molecule has 4 rings (SSSR count). The van der Waals surface area contributed by atoms with E-state index >= 15 is 0 Å². The lowest BCUT2D eigenvalue weighted by Gasteiger charge is -2.11. The van der Waals surface area contributed by atoms with Crippen LogP contribution >= 0.6 is 0 Å². The zero-order valence-corrected chi connectivity index (χ0v) is 16.9. The van der Waals surface area contributed by atoms with Crippen LogP contribution in [0, 0.1) is 18.8 Å². The average Bonchev–Trinajstić information content (AvgIpc) is 3.34. The Morgan fingerprint density at radius 1 is 1.26 bits per heavy atom. The molecule has 1 unspecified atom stereocenters. The van der Waals surface area contributed by atoms with Gasteiger partial charge in [0.05, 0.1) is 17.6 Å². The molecule has 0 saturated carbocycles. The summed E-state index contributed by atoms with van der Waals surface area (Å²) in [7, 11) is 0. The minimum Gasteiger partial charge on any atom is -0.462 e. The first-order valence-electron chi connectivity index (χ1n) is 9.42. The van der Waals surface area contributed by atoms with Crippen LogP contribution in [0.1, 0.15) is 23.9 Å². The highest BCUT2D eigenvalue weighted by molar-refractivity contribution is 5.80. The smallest absolute Gasteiger partial charge is 0.303 e. The molecule has 0 saturated heterocycles. The van der Waals surface area contributed by atoms with Crippen LogP contribution in [-0.2, 0) is 5.60 Å². The van der Waals surface area contributed by atoms with E-state index in [1.165, 1.54) is 6.20 Å². The highest BCUT2D eigenvalue weighted by Gasteiger charge is 2.24. The van der Waals surface area contributed by atoms with Gasteiger partial charge < -0.3 is 25.2 Å². The lowest BCUT2D eigenvalue weighted by atomic mass is 10.0. The van der Waals surface area contributed by atoms with Gasteiger partial charge in [-0.05, 0) is 32.0 Å². The van der Waals surface area contributed by atoms with Gasteiger partial charge in [-0.1, -0.05) is 17.0 Å². The normalized spacial score (nSPS) is 12.9. The SMILES string of the molecule is Cc1cc(C(C)(O)C#Cc2ccc3nc(OCCO)n(-c4ccnc(N)n4)c3c2)no1. The van der Waals surface area contributed by atoms with Gasteiger partial charge in [0.2, 0.25) is 5.95 Å². The van der Waals surface area contributed by atoms with Crippen LogP contribution in [0.4, 0.5) is 5.95 Å². The summed E-state index contributed by atoms with van der Waals surface area (Å²) in [4.78, 5) is 12.6. The van der Waals surface area contributed by atoms with Crippen molar-refractivity contribution < 1.29 is 19.5 Å². The molecule has 0 amide bonds. The van der Waals surface area contributed by atoms with Gasteiger partial charge in [-0.15, -0.1) is 0 Å². The molecule has 0 aliphatic heterocycles. The Labute approximate surface area is 177 Å². The lowest BCUT2D eigenvalue weighted by molar-refractivity contribution is 0.112. The van der Waals surface area contributed by atoms with E-state index in [1.807, 2.05) is 0 Å².